The number of anilines is 1. The third-order valence-electron chi connectivity index (χ3n) is 5.25. The van der Waals surface area contributed by atoms with Crippen LogP contribution in [0, 0.1) is 11.6 Å². The van der Waals surface area contributed by atoms with Crippen molar-refractivity contribution in [2.75, 3.05) is 31.1 Å². The SMILES string of the molecule is O=c1c(Cl)c(N2CCN(S(=O)(=O)c3ccc(F)c(F)c3)CC2)cnn1Cc1ccccc1. The van der Waals surface area contributed by atoms with Crippen LogP contribution in [0.2, 0.25) is 5.02 Å². The Hall–Kier alpha value is -2.82. The first-order valence-corrected chi connectivity index (χ1v) is 11.6. The van der Waals surface area contributed by atoms with Crippen LogP contribution in [0.3, 0.4) is 0 Å². The van der Waals surface area contributed by atoms with Crippen molar-refractivity contribution in [3.8, 4) is 0 Å². The molecule has 0 saturated carbocycles. The van der Waals surface area contributed by atoms with E-state index >= 15 is 0 Å². The van der Waals surface area contributed by atoms with Gasteiger partial charge in [-0.25, -0.2) is 21.9 Å². The van der Waals surface area contributed by atoms with Crippen molar-refractivity contribution < 1.29 is 17.2 Å². The van der Waals surface area contributed by atoms with Gasteiger partial charge in [-0.05, 0) is 23.8 Å². The molecule has 0 amide bonds. The third kappa shape index (κ3) is 4.38. The molecule has 0 N–H and O–H groups in total. The third-order valence-corrected chi connectivity index (χ3v) is 7.50. The zero-order valence-corrected chi connectivity index (χ0v) is 18.4. The number of nitrogens with zero attached hydrogens (tertiary/aromatic N) is 4. The summed E-state index contributed by atoms with van der Waals surface area (Å²) in [5, 5.41) is 4.22. The number of piperazine rings is 1. The molecule has 4 rings (SSSR count). The van der Waals surface area contributed by atoms with E-state index in [1.165, 1.54) is 15.2 Å². The van der Waals surface area contributed by atoms with Crippen LogP contribution in [0.25, 0.3) is 0 Å². The quantitative estimate of drug-likeness (QED) is 0.561. The molecule has 0 unspecified atom stereocenters. The van der Waals surface area contributed by atoms with Gasteiger partial charge in [0.05, 0.1) is 23.3 Å². The van der Waals surface area contributed by atoms with Gasteiger partial charge in [0, 0.05) is 26.2 Å². The second-order valence-electron chi connectivity index (χ2n) is 7.26. The average Bonchev–Trinajstić information content (AvgIpc) is 2.79. The predicted octanol–water partition coefficient (Wildman–Crippen LogP) is 2.73. The van der Waals surface area contributed by atoms with E-state index in [1.807, 2.05) is 30.3 Å². The number of rotatable bonds is 5. The van der Waals surface area contributed by atoms with Crippen molar-refractivity contribution in [1.29, 1.82) is 0 Å². The minimum Gasteiger partial charge on any atom is -0.366 e. The summed E-state index contributed by atoms with van der Waals surface area (Å²) in [6, 6.07) is 11.9. The first-order chi connectivity index (χ1) is 15.3. The lowest BCUT2D eigenvalue weighted by molar-refractivity contribution is 0.384. The highest BCUT2D eigenvalue weighted by Crippen LogP contribution is 2.25. The van der Waals surface area contributed by atoms with Gasteiger partial charge in [-0.1, -0.05) is 41.9 Å². The summed E-state index contributed by atoms with van der Waals surface area (Å²) >= 11 is 6.33. The molecule has 1 fully saturated rings. The lowest BCUT2D eigenvalue weighted by Crippen LogP contribution is -2.49. The Morgan fingerprint density at radius 3 is 2.31 bits per heavy atom. The summed E-state index contributed by atoms with van der Waals surface area (Å²) in [6.07, 6.45) is 1.49. The number of halogens is 3. The van der Waals surface area contributed by atoms with E-state index in [-0.39, 0.29) is 42.6 Å². The Balaban J connectivity index is 1.49. The molecule has 32 heavy (non-hydrogen) atoms. The number of hydrogen-bond donors (Lipinski definition) is 0. The van der Waals surface area contributed by atoms with Crippen LogP contribution in [-0.2, 0) is 16.6 Å². The normalized spacial score (nSPS) is 15.2. The number of sulfonamides is 1. The van der Waals surface area contributed by atoms with Gasteiger partial charge in [0.25, 0.3) is 5.56 Å². The summed E-state index contributed by atoms with van der Waals surface area (Å²) in [6.45, 7) is 0.967. The molecule has 3 aromatic rings. The Morgan fingerprint density at radius 2 is 1.66 bits per heavy atom. The maximum atomic E-state index is 13.5. The molecule has 11 heteroatoms. The zero-order chi connectivity index (χ0) is 22.9. The van der Waals surface area contributed by atoms with Crippen molar-refractivity contribution in [3.05, 3.63) is 87.3 Å². The van der Waals surface area contributed by atoms with Gasteiger partial charge in [0.2, 0.25) is 10.0 Å². The average molecular weight is 481 g/mol. The van der Waals surface area contributed by atoms with Crippen LogP contribution < -0.4 is 10.5 Å². The molecule has 0 atom stereocenters. The van der Waals surface area contributed by atoms with Crippen molar-refractivity contribution in [2.45, 2.75) is 11.4 Å². The monoisotopic (exact) mass is 480 g/mol. The van der Waals surface area contributed by atoms with Gasteiger partial charge >= 0.3 is 0 Å². The van der Waals surface area contributed by atoms with Crippen molar-refractivity contribution in [2.24, 2.45) is 0 Å². The second kappa shape index (κ2) is 8.97. The number of aromatic nitrogens is 2. The van der Waals surface area contributed by atoms with Gasteiger partial charge in [-0.3, -0.25) is 4.79 Å². The summed E-state index contributed by atoms with van der Waals surface area (Å²) in [5.74, 6) is -2.34. The summed E-state index contributed by atoms with van der Waals surface area (Å²) in [5.41, 5.74) is 0.887. The summed E-state index contributed by atoms with van der Waals surface area (Å²) in [7, 11) is -3.98. The molecule has 0 aliphatic carbocycles. The van der Waals surface area contributed by atoms with E-state index in [9.17, 15) is 22.0 Å². The zero-order valence-electron chi connectivity index (χ0n) is 16.8. The van der Waals surface area contributed by atoms with Crippen LogP contribution in [0.4, 0.5) is 14.5 Å². The Bertz CT molecular complexity index is 1290. The summed E-state index contributed by atoms with van der Waals surface area (Å²) in [4.78, 5) is 14.1. The molecule has 0 bridgehead atoms. The van der Waals surface area contributed by atoms with Crippen LogP contribution in [0.5, 0.6) is 0 Å². The standard InChI is InChI=1S/C21H19ClF2N4O3S/c22-20-19(13-25-28(21(20)29)14-15-4-2-1-3-5-15)26-8-10-27(11-9-26)32(30,31)16-6-7-17(23)18(24)12-16/h1-7,12-13H,8-11,14H2. The predicted molar refractivity (Wildman–Crippen MR) is 116 cm³/mol. The lowest BCUT2D eigenvalue weighted by Gasteiger charge is -2.35. The minimum absolute atomic E-state index is 0.00726. The molecular weight excluding hydrogens is 462 g/mol. The molecule has 1 aliphatic heterocycles. The van der Waals surface area contributed by atoms with E-state index in [4.69, 9.17) is 11.6 Å². The first-order valence-electron chi connectivity index (χ1n) is 9.77. The highest BCUT2D eigenvalue weighted by molar-refractivity contribution is 7.89. The molecule has 168 valence electrons. The molecule has 7 nitrogen and oxygen atoms in total. The molecule has 0 spiro atoms. The molecule has 1 saturated heterocycles. The topological polar surface area (TPSA) is 75.5 Å². The smallest absolute Gasteiger partial charge is 0.287 e. The van der Waals surface area contributed by atoms with E-state index in [1.54, 1.807) is 4.90 Å². The molecule has 1 aliphatic rings. The maximum Gasteiger partial charge on any atom is 0.287 e. The first kappa shape index (κ1) is 22.4. The fourth-order valence-corrected chi connectivity index (χ4v) is 5.20. The fraction of sp³-hybridized carbons (Fsp3) is 0.238. The molecule has 0 radical (unpaired) electrons. The van der Waals surface area contributed by atoms with Crippen LogP contribution in [-0.4, -0.2) is 48.7 Å². The van der Waals surface area contributed by atoms with Gasteiger partial charge in [-0.2, -0.15) is 9.40 Å². The van der Waals surface area contributed by atoms with Gasteiger partial charge < -0.3 is 4.90 Å². The van der Waals surface area contributed by atoms with Gasteiger partial charge in [-0.15, -0.1) is 0 Å². The fourth-order valence-electron chi connectivity index (χ4n) is 3.50. The van der Waals surface area contributed by atoms with Crippen molar-refractivity contribution >= 4 is 27.3 Å². The lowest BCUT2D eigenvalue weighted by atomic mass is 10.2. The van der Waals surface area contributed by atoms with E-state index in [2.05, 4.69) is 5.10 Å². The van der Waals surface area contributed by atoms with E-state index in [0.717, 1.165) is 17.7 Å². The largest absolute Gasteiger partial charge is 0.366 e. The number of hydrogen-bond acceptors (Lipinski definition) is 5. The van der Waals surface area contributed by atoms with Crippen molar-refractivity contribution in [1.82, 2.24) is 14.1 Å². The minimum atomic E-state index is -3.98. The maximum absolute atomic E-state index is 13.5. The Labute approximate surface area is 188 Å². The summed E-state index contributed by atoms with van der Waals surface area (Å²) < 4.78 is 54.6. The molecule has 1 aromatic heterocycles. The number of benzene rings is 2. The molecular formula is C21H19ClF2N4O3S. The van der Waals surface area contributed by atoms with Gasteiger partial charge in [0.15, 0.2) is 11.6 Å². The van der Waals surface area contributed by atoms with Crippen LogP contribution in [0.15, 0.2) is 64.4 Å². The van der Waals surface area contributed by atoms with E-state index in [0.29, 0.717) is 11.8 Å². The Kier molecular flexibility index (Phi) is 6.27. The van der Waals surface area contributed by atoms with Crippen molar-refractivity contribution in [3.63, 3.8) is 0 Å². The van der Waals surface area contributed by atoms with E-state index < -0.39 is 27.2 Å². The highest BCUT2D eigenvalue weighted by atomic mass is 35.5. The van der Waals surface area contributed by atoms with Crippen LogP contribution >= 0.6 is 11.6 Å². The highest BCUT2D eigenvalue weighted by Gasteiger charge is 2.30. The van der Waals surface area contributed by atoms with Gasteiger partial charge in [0.1, 0.15) is 5.02 Å². The Morgan fingerprint density at radius 1 is 0.969 bits per heavy atom. The van der Waals surface area contributed by atoms with Crippen LogP contribution in [0.1, 0.15) is 5.56 Å². The molecule has 2 aromatic carbocycles. The molecule has 2 heterocycles. The second-order valence-corrected chi connectivity index (χ2v) is 9.58.